The summed E-state index contributed by atoms with van der Waals surface area (Å²) in [5.41, 5.74) is -0.0403. The molecular formula is C20H26O3. The minimum absolute atomic E-state index is 0.0985. The Hall–Kier alpha value is -1.61. The van der Waals surface area contributed by atoms with E-state index in [9.17, 15) is 9.90 Å². The Bertz CT molecular complexity index is 665. The van der Waals surface area contributed by atoms with Crippen molar-refractivity contribution >= 4 is 11.9 Å². The molecule has 0 bridgehead atoms. The Kier molecular flexibility index (Phi) is 3.68. The van der Waals surface area contributed by atoms with Gasteiger partial charge in [0.1, 0.15) is 5.60 Å². The summed E-state index contributed by atoms with van der Waals surface area (Å²) in [5, 5.41) is 11.6. The van der Waals surface area contributed by atoms with E-state index in [2.05, 4.69) is 20.8 Å². The van der Waals surface area contributed by atoms with Gasteiger partial charge in [-0.2, -0.15) is 0 Å². The Balaban J connectivity index is 2.11. The number of furan rings is 1. The van der Waals surface area contributed by atoms with Gasteiger partial charge in [-0.3, -0.25) is 4.79 Å². The van der Waals surface area contributed by atoms with Gasteiger partial charge >= 0.3 is 0 Å². The van der Waals surface area contributed by atoms with Crippen LogP contribution < -0.4 is 0 Å². The molecule has 23 heavy (non-hydrogen) atoms. The van der Waals surface area contributed by atoms with Gasteiger partial charge in [-0.1, -0.05) is 33.3 Å². The second-order valence-corrected chi connectivity index (χ2v) is 8.08. The fourth-order valence-electron chi connectivity index (χ4n) is 4.94. The maximum Gasteiger partial charge on any atom is 0.160 e. The average Bonchev–Trinajstić information content (AvgIpc) is 2.95. The lowest BCUT2D eigenvalue weighted by Crippen LogP contribution is -2.60. The van der Waals surface area contributed by atoms with E-state index in [0.717, 1.165) is 30.4 Å². The maximum atomic E-state index is 12.8. The number of allylic oxidation sites excluding steroid dienone is 1. The number of rotatable bonds is 2. The van der Waals surface area contributed by atoms with Crippen molar-refractivity contribution in [3.63, 3.8) is 0 Å². The van der Waals surface area contributed by atoms with Crippen LogP contribution in [0, 0.1) is 16.7 Å². The number of carbonyl (C=O) groups is 1. The van der Waals surface area contributed by atoms with Gasteiger partial charge in [0.2, 0.25) is 0 Å². The number of ketones is 1. The van der Waals surface area contributed by atoms with E-state index < -0.39 is 11.0 Å². The maximum absolute atomic E-state index is 12.8. The Labute approximate surface area is 138 Å². The molecule has 124 valence electrons. The smallest absolute Gasteiger partial charge is 0.160 e. The molecule has 1 saturated carbocycles. The molecule has 0 spiro atoms. The van der Waals surface area contributed by atoms with Gasteiger partial charge < -0.3 is 9.52 Å². The molecule has 1 aromatic rings. The van der Waals surface area contributed by atoms with Crippen LogP contribution in [0.5, 0.6) is 0 Å². The van der Waals surface area contributed by atoms with Crippen molar-refractivity contribution in [1.29, 1.82) is 0 Å². The molecule has 3 atom stereocenters. The van der Waals surface area contributed by atoms with E-state index in [-0.39, 0.29) is 17.1 Å². The average molecular weight is 314 g/mol. The quantitative estimate of drug-likeness (QED) is 0.881. The van der Waals surface area contributed by atoms with Gasteiger partial charge in [-0.05, 0) is 49.0 Å². The van der Waals surface area contributed by atoms with Gasteiger partial charge in [0.25, 0.3) is 0 Å². The molecule has 1 heterocycles. The van der Waals surface area contributed by atoms with E-state index in [4.69, 9.17) is 4.42 Å². The Morgan fingerprint density at radius 1 is 1.30 bits per heavy atom. The molecule has 2 aliphatic rings. The van der Waals surface area contributed by atoms with Crippen molar-refractivity contribution in [2.45, 2.75) is 52.6 Å². The van der Waals surface area contributed by atoms with E-state index in [1.807, 2.05) is 25.1 Å². The number of hydrogen-bond donors (Lipinski definition) is 1. The molecule has 0 unspecified atom stereocenters. The number of carbonyl (C=O) groups excluding carboxylic acids is 1. The van der Waals surface area contributed by atoms with Crippen molar-refractivity contribution in [3.05, 3.63) is 41.9 Å². The molecule has 2 aliphatic carbocycles. The highest BCUT2D eigenvalue weighted by atomic mass is 16.3. The molecule has 1 aromatic heterocycles. The summed E-state index contributed by atoms with van der Waals surface area (Å²) in [7, 11) is 0. The zero-order valence-corrected chi connectivity index (χ0v) is 14.4. The van der Waals surface area contributed by atoms with Crippen LogP contribution in [0.2, 0.25) is 0 Å². The first-order valence-corrected chi connectivity index (χ1v) is 8.37. The standard InChI is InChI=1S/C20H26O3/c1-14-12-16(21)17-18(2,3)8-5-9-19(17,4)20(14,22)10-6-15-7-11-23-13-15/h6-7,10-13,17,22H,5,8-9H2,1-4H3/b10-6+/t17-,19-,20+/m0/s1. The number of aliphatic hydroxyl groups is 1. The highest BCUT2D eigenvalue weighted by molar-refractivity contribution is 5.95. The monoisotopic (exact) mass is 314 g/mol. The van der Waals surface area contributed by atoms with Crippen LogP contribution in [-0.2, 0) is 4.79 Å². The van der Waals surface area contributed by atoms with Crippen molar-refractivity contribution in [3.8, 4) is 0 Å². The first-order valence-electron chi connectivity index (χ1n) is 8.37. The van der Waals surface area contributed by atoms with E-state index in [0.29, 0.717) is 0 Å². The van der Waals surface area contributed by atoms with Crippen LogP contribution in [0.3, 0.4) is 0 Å². The van der Waals surface area contributed by atoms with Crippen LogP contribution >= 0.6 is 0 Å². The van der Waals surface area contributed by atoms with Gasteiger partial charge in [-0.25, -0.2) is 0 Å². The third-order valence-electron chi connectivity index (χ3n) is 6.11. The Morgan fingerprint density at radius 3 is 2.70 bits per heavy atom. The molecule has 0 aromatic carbocycles. The summed E-state index contributed by atoms with van der Waals surface area (Å²) in [6.45, 7) is 8.25. The normalized spacial score (nSPS) is 36.8. The largest absolute Gasteiger partial charge is 0.472 e. The lowest BCUT2D eigenvalue weighted by molar-refractivity contribution is -0.151. The predicted octanol–water partition coefficient (Wildman–Crippen LogP) is 4.39. The third-order valence-corrected chi connectivity index (χ3v) is 6.11. The van der Waals surface area contributed by atoms with Gasteiger partial charge in [0.05, 0.1) is 12.5 Å². The molecule has 3 nitrogen and oxygen atoms in total. The van der Waals surface area contributed by atoms with Crippen molar-refractivity contribution in [2.24, 2.45) is 16.7 Å². The molecule has 1 fully saturated rings. The summed E-state index contributed by atoms with van der Waals surface area (Å²) in [4.78, 5) is 12.8. The van der Waals surface area contributed by atoms with E-state index in [1.54, 1.807) is 18.6 Å². The highest BCUT2D eigenvalue weighted by Gasteiger charge is 2.61. The minimum Gasteiger partial charge on any atom is -0.472 e. The lowest BCUT2D eigenvalue weighted by atomic mass is 9.46. The zero-order chi connectivity index (χ0) is 16.9. The second-order valence-electron chi connectivity index (χ2n) is 8.08. The van der Waals surface area contributed by atoms with Crippen LogP contribution in [0.4, 0.5) is 0 Å². The van der Waals surface area contributed by atoms with Crippen molar-refractivity contribution < 1.29 is 14.3 Å². The molecule has 0 aliphatic heterocycles. The van der Waals surface area contributed by atoms with Crippen molar-refractivity contribution in [2.75, 3.05) is 0 Å². The molecule has 3 rings (SSSR count). The minimum atomic E-state index is -1.11. The highest BCUT2D eigenvalue weighted by Crippen LogP contribution is 2.60. The zero-order valence-electron chi connectivity index (χ0n) is 14.4. The van der Waals surface area contributed by atoms with Crippen LogP contribution in [0.25, 0.3) is 6.08 Å². The van der Waals surface area contributed by atoms with Gasteiger partial charge in [0, 0.05) is 16.9 Å². The summed E-state index contributed by atoms with van der Waals surface area (Å²) >= 11 is 0. The molecular weight excluding hydrogens is 288 g/mol. The van der Waals surface area contributed by atoms with Crippen LogP contribution in [0.1, 0.15) is 52.5 Å². The topological polar surface area (TPSA) is 50.4 Å². The van der Waals surface area contributed by atoms with Crippen molar-refractivity contribution in [1.82, 2.24) is 0 Å². The fraction of sp³-hybridized carbons (Fsp3) is 0.550. The number of hydrogen-bond acceptors (Lipinski definition) is 3. The van der Waals surface area contributed by atoms with E-state index in [1.165, 1.54) is 0 Å². The first-order chi connectivity index (χ1) is 10.7. The summed E-state index contributed by atoms with van der Waals surface area (Å²) in [5.74, 6) is 0.00235. The molecule has 3 heteroatoms. The lowest BCUT2D eigenvalue weighted by Gasteiger charge is -2.58. The summed E-state index contributed by atoms with van der Waals surface area (Å²) in [6.07, 6.45) is 11.6. The van der Waals surface area contributed by atoms with Crippen LogP contribution in [0.15, 0.2) is 40.7 Å². The third kappa shape index (κ3) is 2.33. The SMILES string of the molecule is CC1=CC(=O)[C@H]2C(C)(C)CCC[C@]2(C)[C@@]1(O)/C=C/c1ccoc1. The second kappa shape index (κ2) is 5.20. The summed E-state index contributed by atoms with van der Waals surface area (Å²) in [6, 6.07) is 1.86. The molecule has 0 radical (unpaired) electrons. The van der Waals surface area contributed by atoms with E-state index >= 15 is 0 Å². The van der Waals surface area contributed by atoms with Gasteiger partial charge in [0.15, 0.2) is 5.78 Å². The fourth-order valence-corrected chi connectivity index (χ4v) is 4.94. The molecule has 1 N–H and O–H groups in total. The summed E-state index contributed by atoms with van der Waals surface area (Å²) < 4.78 is 5.09. The molecule has 0 amide bonds. The molecule has 0 saturated heterocycles. The Morgan fingerprint density at radius 2 is 2.04 bits per heavy atom. The first kappa shape index (κ1) is 16.3. The number of fused-ring (bicyclic) bond motifs is 1. The van der Waals surface area contributed by atoms with Gasteiger partial charge in [-0.15, -0.1) is 0 Å². The predicted molar refractivity (Wildman–Crippen MR) is 90.7 cm³/mol. The van der Waals surface area contributed by atoms with Crippen LogP contribution in [-0.4, -0.2) is 16.5 Å².